The fourth-order valence-electron chi connectivity index (χ4n) is 2.89. The molecule has 1 heterocycles. The van der Waals surface area contributed by atoms with E-state index in [1.54, 1.807) is 0 Å². The largest absolute Gasteiger partial charge is 0.348 e. The Morgan fingerprint density at radius 1 is 0.833 bits per heavy atom. The van der Waals surface area contributed by atoms with E-state index >= 15 is 0 Å². The lowest BCUT2D eigenvalue weighted by molar-refractivity contribution is 0.908. The van der Waals surface area contributed by atoms with Gasteiger partial charge in [-0.15, -0.1) is 0 Å². The zero-order valence-corrected chi connectivity index (χ0v) is 9.80. The molecule has 0 amide bonds. The Kier molecular flexibility index (Phi) is 1.92. The third-order valence-electron chi connectivity index (χ3n) is 3.63. The van der Waals surface area contributed by atoms with Gasteiger partial charge < -0.3 is 4.98 Å². The second-order valence-corrected chi connectivity index (χ2v) is 4.58. The third kappa shape index (κ3) is 1.20. The average molecular weight is 232 g/mol. The molecule has 0 radical (unpaired) electrons. The van der Waals surface area contributed by atoms with Crippen LogP contribution in [0.15, 0.2) is 60.9 Å². The molecule has 0 unspecified atom stereocenters. The van der Waals surface area contributed by atoms with Gasteiger partial charge in [-0.25, -0.2) is 4.98 Å². The van der Waals surface area contributed by atoms with Crippen molar-refractivity contribution in [2.75, 3.05) is 0 Å². The van der Waals surface area contributed by atoms with Crippen LogP contribution < -0.4 is 0 Å². The maximum atomic E-state index is 4.44. The topological polar surface area (TPSA) is 28.7 Å². The molecule has 1 aliphatic rings. The summed E-state index contributed by atoms with van der Waals surface area (Å²) in [6, 6.07) is 17.2. The van der Waals surface area contributed by atoms with Crippen molar-refractivity contribution in [1.82, 2.24) is 9.97 Å². The Balaban J connectivity index is 2.04. The first-order valence-electron chi connectivity index (χ1n) is 6.12. The van der Waals surface area contributed by atoms with Crippen LogP contribution in [0.5, 0.6) is 0 Å². The molecular weight excluding hydrogens is 220 g/mol. The second-order valence-electron chi connectivity index (χ2n) is 4.58. The van der Waals surface area contributed by atoms with Crippen molar-refractivity contribution in [3.63, 3.8) is 0 Å². The molecule has 4 rings (SSSR count). The maximum absolute atomic E-state index is 4.44. The normalized spacial score (nSPS) is 13.3. The lowest BCUT2D eigenvalue weighted by atomic mass is 9.96. The smallest absolute Gasteiger partial charge is 0.118 e. The molecule has 2 aromatic carbocycles. The molecule has 2 heteroatoms. The van der Waals surface area contributed by atoms with Crippen LogP contribution in [-0.4, -0.2) is 9.97 Å². The minimum atomic E-state index is 0.243. The first-order chi connectivity index (χ1) is 8.95. The van der Waals surface area contributed by atoms with E-state index in [1.165, 1.54) is 22.3 Å². The van der Waals surface area contributed by atoms with E-state index in [-0.39, 0.29) is 5.92 Å². The molecule has 0 aliphatic heterocycles. The first kappa shape index (κ1) is 9.66. The summed E-state index contributed by atoms with van der Waals surface area (Å²) < 4.78 is 0. The van der Waals surface area contributed by atoms with Gasteiger partial charge in [0, 0.05) is 12.4 Å². The molecule has 1 N–H and O–H groups in total. The highest BCUT2D eigenvalue weighted by Crippen LogP contribution is 2.46. The SMILES string of the molecule is c1ccc2c(c1)-c1ccccc1C2c1ncc[nH]1. The van der Waals surface area contributed by atoms with E-state index in [9.17, 15) is 0 Å². The number of hydrogen-bond acceptors (Lipinski definition) is 1. The van der Waals surface area contributed by atoms with Gasteiger partial charge >= 0.3 is 0 Å². The van der Waals surface area contributed by atoms with Crippen molar-refractivity contribution in [2.45, 2.75) is 5.92 Å². The summed E-state index contributed by atoms with van der Waals surface area (Å²) in [5.74, 6) is 1.26. The molecule has 0 bridgehead atoms. The number of aromatic nitrogens is 2. The quantitative estimate of drug-likeness (QED) is 0.534. The Bertz CT molecular complexity index is 653. The number of rotatable bonds is 1. The Labute approximate surface area is 105 Å². The zero-order valence-electron chi connectivity index (χ0n) is 9.80. The highest BCUT2D eigenvalue weighted by molar-refractivity contribution is 5.79. The zero-order chi connectivity index (χ0) is 11.9. The number of nitrogens with one attached hydrogen (secondary N) is 1. The second kappa shape index (κ2) is 3.57. The van der Waals surface area contributed by atoms with Crippen LogP contribution in [0.2, 0.25) is 0 Å². The number of aromatic amines is 1. The molecule has 3 aromatic rings. The Morgan fingerprint density at radius 3 is 2.00 bits per heavy atom. The molecule has 0 atom stereocenters. The van der Waals surface area contributed by atoms with E-state index < -0.39 is 0 Å². The predicted octanol–water partition coefficient (Wildman–Crippen LogP) is 3.57. The molecule has 2 nitrogen and oxygen atoms in total. The minimum absolute atomic E-state index is 0.243. The van der Waals surface area contributed by atoms with Crippen LogP contribution in [0.4, 0.5) is 0 Å². The number of fused-ring (bicyclic) bond motifs is 3. The summed E-state index contributed by atoms with van der Waals surface area (Å²) in [5, 5.41) is 0. The standard InChI is InChI=1S/C16H12N2/c1-3-7-13-11(5-1)12-6-2-4-8-14(12)15(13)16-17-9-10-18-16/h1-10,15H,(H,17,18). The van der Waals surface area contributed by atoms with E-state index in [0.29, 0.717) is 0 Å². The number of imidazole rings is 1. The highest BCUT2D eigenvalue weighted by atomic mass is 14.9. The van der Waals surface area contributed by atoms with Gasteiger partial charge in [0.2, 0.25) is 0 Å². The van der Waals surface area contributed by atoms with Crippen molar-refractivity contribution in [3.8, 4) is 11.1 Å². The van der Waals surface area contributed by atoms with Crippen LogP contribution in [0.1, 0.15) is 22.9 Å². The lowest BCUT2D eigenvalue weighted by Gasteiger charge is -2.10. The fraction of sp³-hybridized carbons (Fsp3) is 0.0625. The molecule has 1 aliphatic carbocycles. The monoisotopic (exact) mass is 232 g/mol. The van der Waals surface area contributed by atoms with Crippen molar-refractivity contribution in [1.29, 1.82) is 0 Å². The molecule has 86 valence electrons. The number of nitrogens with zero attached hydrogens (tertiary/aromatic N) is 1. The molecule has 0 fully saturated rings. The van der Waals surface area contributed by atoms with Crippen LogP contribution in [-0.2, 0) is 0 Å². The summed E-state index contributed by atoms with van der Waals surface area (Å²) >= 11 is 0. The predicted molar refractivity (Wildman–Crippen MR) is 71.4 cm³/mol. The summed E-state index contributed by atoms with van der Waals surface area (Å²) in [4.78, 5) is 7.69. The number of benzene rings is 2. The van der Waals surface area contributed by atoms with Crippen LogP contribution in [0.25, 0.3) is 11.1 Å². The third-order valence-corrected chi connectivity index (χ3v) is 3.63. The van der Waals surface area contributed by atoms with Crippen molar-refractivity contribution >= 4 is 0 Å². The van der Waals surface area contributed by atoms with Gasteiger partial charge in [0.05, 0.1) is 5.92 Å². The number of H-pyrrole nitrogens is 1. The molecule has 0 saturated heterocycles. The summed E-state index contributed by atoms with van der Waals surface area (Å²) in [6.07, 6.45) is 3.71. The fourth-order valence-corrected chi connectivity index (χ4v) is 2.89. The summed E-state index contributed by atoms with van der Waals surface area (Å²) in [7, 11) is 0. The molecular formula is C16H12N2. The highest BCUT2D eigenvalue weighted by Gasteiger charge is 2.30. The average Bonchev–Trinajstić information content (AvgIpc) is 3.03. The van der Waals surface area contributed by atoms with Gasteiger partial charge in [-0.1, -0.05) is 48.5 Å². The van der Waals surface area contributed by atoms with Crippen molar-refractivity contribution in [2.24, 2.45) is 0 Å². The Hall–Kier alpha value is -2.35. The van der Waals surface area contributed by atoms with Crippen LogP contribution in [0.3, 0.4) is 0 Å². The van der Waals surface area contributed by atoms with Crippen LogP contribution in [0, 0.1) is 0 Å². The Morgan fingerprint density at radius 2 is 1.44 bits per heavy atom. The van der Waals surface area contributed by atoms with Crippen molar-refractivity contribution in [3.05, 3.63) is 77.9 Å². The van der Waals surface area contributed by atoms with Gasteiger partial charge in [-0.05, 0) is 22.3 Å². The minimum Gasteiger partial charge on any atom is -0.348 e. The lowest BCUT2D eigenvalue weighted by Crippen LogP contribution is -2.00. The molecule has 1 aromatic heterocycles. The van der Waals surface area contributed by atoms with Gasteiger partial charge in [-0.2, -0.15) is 0 Å². The molecule has 0 spiro atoms. The van der Waals surface area contributed by atoms with Gasteiger partial charge in [-0.3, -0.25) is 0 Å². The van der Waals surface area contributed by atoms with Crippen LogP contribution >= 0.6 is 0 Å². The molecule has 18 heavy (non-hydrogen) atoms. The van der Waals surface area contributed by atoms with Gasteiger partial charge in [0.1, 0.15) is 5.82 Å². The molecule has 0 saturated carbocycles. The van der Waals surface area contributed by atoms with E-state index in [0.717, 1.165) is 5.82 Å². The summed E-state index contributed by atoms with van der Waals surface area (Å²) in [6.45, 7) is 0. The van der Waals surface area contributed by atoms with E-state index in [4.69, 9.17) is 0 Å². The van der Waals surface area contributed by atoms with Crippen molar-refractivity contribution < 1.29 is 0 Å². The summed E-state index contributed by atoms with van der Waals surface area (Å²) in [5.41, 5.74) is 5.34. The van der Waals surface area contributed by atoms with E-state index in [2.05, 4.69) is 58.5 Å². The van der Waals surface area contributed by atoms with E-state index in [1.807, 2.05) is 12.4 Å². The van der Waals surface area contributed by atoms with Gasteiger partial charge in [0.25, 0.3) is 0 Å². The number of hydrogen-bond donors (Lipinski definition) is 1. The van der Waals surface area contributed by atoms with Gasteiger partial charge in [0.15, 0.2) is 0 Å². The maximum Gasteiger partial charge on any atom is 0.118 e. The first-order valence-corrected chi connectivity index (χ1v) is 6.12.